The summed E-state index contributed by atoms with van der Waals surface area (Å²) in [5.74, 6) is 0.275. The fourth-order valence-electron chi connectivity index (χ4n) is 2.54. The molecular formula is C19H18BrN5O2S. The molecule has 9 heteroatoms. The Hall–Kier alpha value is -2.65. The van der Waals surface area contributed by atoms with E-state index in [0.29, 0.717) is 23.0 Å². The number of aromatic nitrogens is 3. The van der Waals surface area contributed by atoms with Gasteiger partial charge >= 0.3 is 0 Å². The summed E-state index contributed by atoms with van der Waals surface area (Å²) < 4.78 is 2.97. The van der Waals surface area contributed by atoms with Gasteiger partial charge < -0.3 is 15.6 Å². The molecule has 144 valence electrons. The lowest BCUT2D eigenvalue weighted by Gasteiger charge is -2.08. The van der Waals surface area contributed by atoms with Crippen molar-refractivity contribution < 1.29 is 9.59 Å². The second-order valence-electron chi connectivity index (χ2n) is 5.84. The van der Waals surface area contributed by atoms with Gasteiger partial charge in [0.05, 0.1) is 5.75 Å². The molecule has 0 atom stereocenters. The van der Waals surface area contributed by atoms with Crippen LogP contribution in [0.3, 0.4) is 0 Å². The molecule has 0 unspecified atom stereocenters. The molecule has 3 N–H and O–H groups in total. The van der Waals surface area contributed by atoms with E-state index in [-0.39, 0.29) is 11.7 Å². The average Bonchev–Trinajstić information content (AvgIpc) is 3.10. The first-order chi connectivity index (χ1) is 13.5. The molecule has 0 spiro atoms. The molecular weight excluding hydrogens is 442 g/mol. The van der Waals surface area contributed by atoms with Crippen LogP contribution in [-0.4, -0.2) is 32.3 Å². The first-order valence-corrected chi connectivity index (χ1v) is 10.3. The van der Waals surface area contributed by atoms with E-state index >= 15 is 0 Å². The zero-order valence-corrected chi connectivity index (χ0v) is 17.5. The molecule has 3 aromatic rings. The fourth-order valence-corrected chi connectivity index (χ4v) is 3.60. The first kappa shape index (κ1) is 20.1. The van der Waals surface area contributed by atoms with Crippen LogP contribution >= 0.6 is 27.7 Å². The number of amides is 2. The molecule has 28 heavy (non-hydrogen) atoms. The lowest BCUT2D eigenvalue weighted by Crippen LogP contribution is -2.15. The molecule has 2 aromatic carbocycles. The fraction of sp³-hybridized carbons (Fsp3) is 0.158. The van der Waals surface area contributed by atoms with Crippen molar-refractivity contribution in [3.8, 4) is 11.4 Å². The van der Waals surface area contributed by atoms with E-state index in [0.717, 1.165) is 15.9 Å². The number of carbonyl (C=O) groups is 2. The van der Waals surface area contributed by atoms with Crippen LogP contribution in [0.15, 0.2) is 58.2 Å². The van der Waals surface area contributed by atoms with Crippen LogP contribution in [0.5, 0.6) is 0 Å². The minimum atomic E-state index is -0.506. The molecule has 0 fully saturated rings. The molecule has 0 aliphatic rings. The largest absolute Gasteiger partial charge is 0.366 e. The van der Waals surface area contributed by atoms with Gasteiger partial charge in [0.1, 0.15) is 0 Å². The summed E-state index contributed by atoms with van der Waals surface area (Å²) in [5.41, 5.74) is 7.16. The predicted octanol–water partition coefficient (Wildman–Crippen LogP) is 3.56. The predicted molar refractivity (Wildman–Crippen MR) is 113 cm³/mol. The van der Waals surface area contributed by atoms with Crippen LogP contribution in [0.1, 0.15) is 17.3 Å². The van der Waals surface area contributed by atoms with Crippen molar-refractivity contribution in [3.05, 3.63) is 58.6 Å². The summed E-state index contributed by atoms with van der Waals surface area (Å²) in [5, 5.41) is 12.0. The lowest BCUT2D eigenvalue weighted by molar-refractivity contribution is -0.113. The van der Waals surface area contributed by atoms with Crippen molar-refractivity contribution >= 4 is 45.2 Å². The second kappa shape index (κ2) is 9.03. The van der Waals surface area contributed by atoms with Crippen molar-refractivity contribution in [2.75, 3.05) is 11.1 Å². The van der Waals surface area contributed by atoms with E-state index in [9.17, 15) is 9.59 Å². The van der Waals surface area contributed by atoms with Gasteiger partial charge in [-0.1, -0.05) is 39.8 Å². The van der Waals surface area contributed by atoms with Crippen molar-refractivity contribution in [3.63, 3.8) is 0 Å². The third-order valence-corrected chi connectivity index (χ3v) is 5.42. The van der Waals surface area contributed by atoms with E-state index in [1.54, 1.807) is 24.3 Å². The molecule has 0 aliphatic carbocycles. The molecule has 2 amide bonds. The molecule has 3 rings (SSSR count). The number of anilines is 1. The van der Waals surface area contributed by atoms with Crippen LogP contribution in [0, 0.1) is 0 Å². The average molecular weight is 460 g/mol. The van der Waals surface area contributed by atoms with E-state index in [1.807, 2.05) is 35.8 Å². The van der Waals surface area contributed by atoms with E-state index in [1.165, 1.54) is 11.8 Å². The first-order valence-electron chi connectivity index (χ1n) is 8.49. The van der Waals surface area contributed by atoms with Gasteiger partial charge in [-0.3, -0.25) is 9.59 Å². The summed E-state index contributed by atoms with van der Waals surface area (Å²) in [6.07, 6.45) is 0. The number of benzene rings is 2. The Kier molecular flexibility index (Phi) is 6.48. The quantitative estimate of drug-likeness (QED) is 0.525. The van der Waals surface area contributed by atoms with Crippen LogP contribution in [-0.2, 0) is 11.3 Å². The van der Waals surface area contributed by atoms with Crippen molar-refractivity contribution in [1.29, 1.82) is 0 Å². The van der Waals surface area contributed by atoms with Crippen molar-refractivity contribution in [2.45, 2.75) is 18.6 Å². The lowest BCUT2D eigenvalue weighted by atomic mass is 10.2. The summed E-state index contributed by atoms with van der Waals surface area (Å²) in [6.45, 7) is 2.70. The topological polar surface area (TPSA) is 103 Å². The molecule has 0 radical (unpaired) electrons. The molecule has 0 saturated carbocycles. The Bertz CT molecular complexity index is 987. The van der Waals surface area contributed by atoms with Crippen LogP contribution < -0.4 is 11.1 Å². The number of hydrogen-bond donors (Lipinski definition) is 2. The van der Waals surface area contributed by atoms with Gasteiger partial charge in [-0.05, 0) is 43.3 Å². The van der Waals surface area contributed by atoms with Gasteiger partial charge in [-0.2, -0.15) is 0 Å². The minimum Gasteiger partial charge on any atom is -0.366 e. The number of nitrogens with two attached hydrogens (primary N) is 1. The van der Waals surface area contributed by atoms with Crippen LogP contribution in [0.25, 0.3) is 11.4 Å². The summed E-state index contributed by atoms with van der Waals surface area (Å²) in [4.78, 5) is 23.3. The summed E-state index contributed by atoms with van der Waals surface area (Å²) in [7, 11) is 0. The number of primary amides is 1. The molecule has 1 aromatic heterocycles. The third-order valence-electron chi connectivity index (χ3n) is 3.92. The standard InChI is InChI=1S/C19H18BrN5O2S/c1-2-25-18(13-3-7-14(20)8-4-13)23-24-19(25)28-11-16(26)22-15-9-5-12(6-10-15)17(21)27/h3-10H,2,11H2,1H3,(H2,21,27)(H,22,26). The smallest absolute Gasteiger partial charge is 0.248 e. The Morgan fingerprint density at radius 3 is 2.39 bits per heavy atom. The summed E-state index contributed by atoms with van der Waals surface area (Å²) >= 11 is 4.74. The van der Waals surface area contributed by atoms with Gasteiger partial charge in [-0.25, -0.2) is 0 Å². The Morgan fingerprint density at radius 2 is 1.79 bits per heavy atom. The van der Waals surface area contributed by atoms with Gasteiger partial charge in [0.2, 0.25) is 11.8 Å². The van der Waals surface area contributed by atoms with Crippen molar-refractivity contribution in [2.24, 2.45) is 5.73 Å². The maximum atomic E-state index is 12.2. The maximum Gasteiger partial charge on any atom is 0.248 e. The number of carbonyl (C=O) groups excluding carboxylic acids is 2. The highest BCUT2D eigenvalue weighted by Crippen LogP contribution is 2.25. The Labute approximate surface area is 174 Å². The molecule has 1 heterocycles. The number of thioether (sulfide) groups is 1. The highest BCUT2D eigenvalue weighted by atomic mass is 79.9. The Morgan fingerprint density at radius 1 is 1.11 bits per heavy atom. The zero-order valence-electron chi connectivity index (χ0n) is 15.1. The van der Waals surface area contributed by atoms with Crippen LogP contribution in [0.2, 0.25) is 0 Å². The summed E-state index contributed by atoms with van der Waals surface area (Å²) in [6, 6.07) is 14.3. The number of hydrogen-bond acceptors (Lipinski definition) is 5. The monoisotopic (exact) mass is 459 g/mol. The molecule has 0 saturated heterocycles. The third kappa shape index (κ3) is 4.79. The highest BCUT2D eigenvalue weighted by Gasteiger charge is 2.14. The second-order valence-corrected chi connectivity index (χ2v) is 7.69. The highest BCUT2D eigenvalue weighted by molar-refractivity contribution is 9.10. The molecule has 7 nitrogen and oxygen atoms in total. The molecule has 0 aliphatic heterocycles. The maximum absolute atomic E-state index is 12.2. The van der Waals surface area contributed by atoms with Gasteiger partial charge in [0, 0.05) is 27.8 Å². The number of nitrogens with zero attached hydrogens (tertiary/aromatic N) is 3. The van der Waals surface area contributed by atoms with Gasteiger partial charge in [0.15, 0.2) is 11.0 Å². The van der Waals surface area contributed by atoms with Gasteiger partial charge in [0.25, 0.3) is 0 Å². The Balaban J connectivity index is 1.64. The van der Waals surface area contributed by atoms with E-state index < -0.39 is 5.91 Å². The van der Waals surface area contributed by atoms with E-state index in [2.05, 4.69) is 31.4 Å². The van der Waals surface area contributed by atoms with Crippen molar-refractivity contribution in [1.82, 2.24) is 14.8 Å². The SMILES string of the molecule is CCn1c(SCC(=O)Nc2ccc(C(N)=O)cc2)nnc1-c1ccc(Br)cc1. The minimum absolute atomic E-state index is 0.173. The van der Waals surface area contributed by atoms with Crippen LogP contribution in [0.4, 0.5) is 5.69 Å². The zero-order chi connectivity index (χ0) is 20.1. The number of nitrogens with one attached hydrogen (secondary N) is 1. The molecule has 0 bridgehead atoms. The normalized spacial score (nSPS) is 10.6. The van der Waals surface area contributed by atoms with E-state index in [4.69, 9.17) is 5.73 Å². The number of rotatable bonds is 7. The number of halogens is 1. The van der Waals surface area contributed by atoms with Gasteiger partial charge in [-0.15, -0.1) is 10.2 Å².